The number of hydrogen-bond donors (Lipinski definition) is 5. The quantitative estimate of drug-likeness (QED) is 0.0304. The molecule has 139 heavy (non-hydrogen) atoms. The Labute approximate surface area is 820 Å². The topological polar surface area (TPSA) is 303 Å². The molecule has 0 radical (unpaired) electrons. The zero-order valence-corrected chi connectivity index (χ0v) is 80.4. The summed E-state index contributed by atoms with van der Waals surface area (Å²) in [6.07, 6.45) is 11.3. The number of aromatic amines is 1. The number of β-amino-alcohol motifs (C(OH)–C–C–N with tert-alkyl or cyclic N) is 4. The Hall–Kier alpha value is -12.6. The number of ether oxygens (including phenoxy) is 4. The second kappa shape index (κ2) is 44.3. The number of oxazole rings is 3. The van der Waals surface area contributed by atoms with Gasteiger partial charge in [0.2, 0.25) is 5.89 Å². The van der Waals surface area contributed by atoms with Crippen LogP contribution in [0.2, 0.25) is 15.1 Å². The van der Waals surface area contributed by atoms with Crippen molar-refractivity contribution in [1.29, 1.82) is 0 Å². The predicted octanol–water partition coefficient (Wildman–Crippen LogP) is 23.5. The third-order valence-corrected chi connectivity index (χ3v) is 27.6. The molecular formula is C111H113Cl3N10O15. The number of benzene rings is 10. The third-order valence-electron chi connectivity index (χ3n) is 26.6. The van der Waals surface area contributed by atoms with E-state index in [1.54, 1.807) is 25.5 Å². The largest absolute Gasteiger partial charge is 0.490 e. The van der Waals surface area contributed by atoms with E-state index in [2.05, 4.69) is 153 Å². The molecule has 0 unspecified atom stereocenters. The fourth-order valence-corrected chi connectivity index (χ4v) is 19.8. The Balaban J connectivity index is 0.000000118. The molecule has 4 aliphatic heterocycles. The van der Waals surface area contributed by atoms with Gasteiger partial charge >= 0.3 is 0 Å². The maximum absolute atomic E-state index is 10.7. The van der Waals surface area contributed by atoms with Crippen molar-refractivity contribution in [3.63, 3.8) is 0 Å². The van der Waals surface area contributed by atoms with Crippen LogP contribution in [-0.2, 0) is 0 Å². The molecule has 0 spiro atoms. The first kappa shape index (κ1) is 95.3. The van der Waals surface area contributed by atoms with Gasteiger partial charge in [-0.15, -0.1) is 10.2 Å². The van der Waals surface area contributed by atoms with Crippen molar-refractivity contribution in [2.24, 2.45) is 0 Å². The van der Waals surface area contributed by atoms with Gasteiger partial charge in [0.25, 0.3) is 23.6 Å². The molecule has 28 heteroatoms. The summed E-state index contributed by atoms with van der Waals surface area (Å²) in [5.41, 5.74) is 9.15. The van der Waals surface area contributed by atoms with E-state index in [0.717, 1.165) is 165 Å². The molecule has 0 aliphatic carbocycles. The van der Waals surface area contributed by atoms with Crippen LogP contribution in [0, 0.1) is 27.7 Å². The number of aromatic nitrogens is 6. The second-order valence-electron chi connectivity index (χ2n) is 36.8. The Kier molecular flexibility index (Phi) is 30.4. The maximum atomic E-state index is 10.7. The van der Waals surface area contributed by atoms with Crippen LogP contribution in [-0.4, -0.2) is 200 Å². The first-order valence-electron chi connectivity index (χ1n) is 47.8. The lowest BCUT2D eigenvalue weighted by atomic mass is 9.88. The summed E-state index contributed by atoms with van der Waals surface area (Å²) < 4.78 is 63.9. The smallest absolute Gasteiger partial charge is 0.264 e. The number of rotatable bonds is 28. The molecule has 10 aromatic carbocycles. The first-order chi connectivity index (χ1) is 67.7. The van der Waals surface area contributed by atoms with Crippen LogP contribution in [0.4, 0.5) is 0 Å². The highest BCUT2D eigenvalue weighted by atomic mass is 35.5. The highest BCUT2D eigenvalue weighted by Gasteiger charge is 2.30. The normalized spacial score (nSPS) is 16.2. The molecule has 4 aliphatic rings. The van der Waals surface area contributed by atoms with Gasteiger partial charge in [0.05, 0.1) is 44.8 Å². The molecule has 5 N–H and O–H groups in total. The van der Waals surface area contributed by atoms with Gasteiger partial charge in [0, 0.05) is 67.2 Å². The van der Waals surface area contributed by atoms with E-state index in [9.17, 15) is 20.4 Å². The number of H-pyrrole nitrogens is 1. The lowest BCUT2D eigenvalue weighted by molar-refractivity contribution is 0.0598. The lowest BCUT2D eigenvalue weighted by Gasteiger charge is -2.33. The standard InChI is InChI=1S/C30H30N2O4.C29H30N4O3.C26H26Cl2N2O4.C26H27ClN2O4/c1-20-17-31-30(35-20)29-16-26-27(7-4-8-28(26)36-29)34-19-25(33)18-32-13-11-22(12-14-32)24-10-9-21-5-2-3-6-23(21)15-24;1-19-31-32-29(36-19)27-16-25-26(30-27)7-4-8-28(25)35-18-24(34)17-33-13-11-21(12-14-33)23-10-9-20-5-2-3-6-22(20)15-23;1-16-13-29-26(33-16)25-12-20-23(3-2-4-24(20)34-25)32-15-19(31)14-30-9-7-17(8-10-30)18-5-6-21(27)22(28)11-18;1-17-14-28-26(32-17)25-13-22-23(3-2-4-24(22)33-25)31-16-21(30)15-29-11-9-19(10-12-29)18-5-7-20(27)8-6-18/h2-10,15-17,22,25,33H,11-14,18-19H2,1H3;2-10,15-16,21,24,30,34H,11-14,17-18H2,1H3;2-6,11-13,17,19,31H,7-10,14-15H2,1H3;2-8,13-14,19,21,30H,9-12,15-16H2,1H3/t25-;24-;19-;21-/m1100/s1. The summed E-state index contributed by atoms with van der Waals surface area (Å²) in [6, 6.07) is 75.1. The number of furan rings is 3. The van der Waals surface area contributed by atoms with Crippen molar-refractivity contribution in [1.82, 2.24) is 49.7 Å². The van der Waals surface area contributed by atoms with Crippen LogP contribution in [0.15, 0.2) is 274 Å². The van der Waals surface area contributed by atoms with Gasteiger partial charge in [-0.2, -0.15) is 0 Å². The van der Waals surface area contributed by atoms with Gasteiger partial charge in [-0.1, -0.05) is 162 Å². The number of piperidine rings is 4. The molecule has 4 fully saturated rings. The van der Waals surface area contributed by atoms with Crippen molar-refractivity contribution in [2.75, 3.05) is 105 Å². The number of nitrogens with zero attached hydrogens (tertiary/aromatic N) is 9. The van der Waals surface area contributed by atoms with Gasteiger partial charge in [-0.05, 0) is 271 Å². The molecule has 0 amide bonds. The molecule has 4 saturated heterocycles. The molecule has 22 rings (SSSR count). The zero-order chi connectivity index (χ0) is 95.4. The van der Waals surface area contributed by atoms with E-state index in [1.165, 1.54) is 43.8 Å². The summed E-state index contributed by atoms with van der Waals surface area (Å²) in [5.74, 6) is 11.0. The molecular weight excluding hydrogens is 1820 g/mol. The van der Waals surface area contributed by atoms with Crippen LogP contribution in [0.5, 0.6) is 23.0 Å². The van der Waals surface area contributed by atoms with Crippen LogP contribution in [0.3, 0.4) is 0 Å². The number of fused-ring (bicyclic) bond motifs is 6. The minimum atomic E-state index is -0.599. The van der Waals surface area contributed by atoms with Gasteiger partial charge < -0.3 is 94.9 Å². The maximum Gasteiger partial charge on any atom is 0.264 e. The molecule has 18 aromatic rings. The number of nitrogens with one attached hydrogen (secondary N) is 1. The molecule has 8 aromatic heterocycles. The Morgan fingerprint density at radius 1 is 0.331 bits per heavy atom. The molecule has 0 saturated carbocycles. The lowest BCUT2D eigenvalue weighted by Crippen LogP contribution is -2.40. The number of likely N-dealkylation sites (tertiary alicyclic amines) is 4. The first-order valence-corrected chi connectivity index (χ1v) is 49.0. The monoisotopic (exact) mass is 1930 g/mol. The van der Waals surface area contributed by atoms with Crippen molar-refractivity contribution >= 4 is 100 Å². The van der Waals surface area contributed by atoms with E-state index in [1.807, 2.05) is 142 Å². The Morgan fingerprint density at radius 3 is 1.04 bits per heavy atom. The summed E-state index contributed by atoms with van der Waals surface area (Å²) in [7, 11) is 0. The molecule has 25 nitrogen and oxygen atoms in total. The highest BCUT2D eigenvalue weighted by molar-refractivity contribution is 6.42. The van der Waals surface area contributed by atoms with E-state index < -0.39 is 24.4 Å². The summed E-state index contributed by atoms with van der Waals surface area (Å²) in [5, 5.41) is 61.2. The third kappa shape index (κ3) is 23.9. The van der Waals surface area contributed by atoms with E-state index in [0.29, 0.717) is 141 Å². The fraction of sp³-hybridized carbons (Fsp3) is 0.324. The van der Waals surface area contributed by atoms with Crippen LogP contribution in [0.1, 0.15) is 120 Å². The summed E-state index contributed by atoms with van der Waals surface area (Å²) in [6.45, 7) is 18.2. The van der Waals surface area contributed by atoms with Crippen LogP contribution >= 0.6 is 34.8 Å². The summed E-state index contributed by atoms with van der Waals surface area (Å²) in [4.78, 5) is 25.3. The number of halogens is 3. The predicted molar refractivity (Wildman–Crippen MR) is 541 cm³/mol. The van der Waals surface area contributed by atoms with E-state index in [4.69, 9.17) is 84.7 Å². The van der Waals surface area contributed by atoms with Gasteiger partial charge in [0.15, 0.2) is 17.3 Å². The number of aliphatic hydroxyl groups excluding tert-OH is 4. The molecule has 718 valence electrons. The number of aliphatic hydroxyl groups is 4. The van der Waals surface area contributed by atoms with E-state index in [-0.39, 0.29) is 26.4 Å². The minimum absolute atomic E-state index is 0.199. The fourth-order valence-electron chi connectivity index (χ4n) is 19.3. The van der Waals surface area contributed by atoms with Crippen molar-refractivity contribution in [3.05, 3.63) is 304 Å². The minimum Gasteiger partial charge on any atom is -0.490 e. The highest BCUT2D eigenvalue weighted by Crippen LogP contribution is 2.42. The van der Waals surface area contributed by atoms with E-state index >= 15 is 0 Å². The number of aryl methyl sites for hydroxylation is 4. The average molecular weight is 1930 g/mol. The van der Waals surface area contributed by atoms with Gasteiger partial charge in [-0.3, -0.25) is 0 Å². The Bertz CT molecular complexity index is 6900. The molecule has 4 atom stereocenters. The average Bonchev–Trinajstić information content (AvgIpc) is 1.68. The van der Waals surface area contributed by atoms with Gasteiger partial charge in [-0.25, -0.2) is 15.0 Å². The van der Waals surface area contributed by atoms with Gasteiger partial charge in [0.1, 0.15) is 114 Å². The number of hydrogen-bond acceptors (Lipinski definition) is 24. The molecule has 12 heterocycles. The van der Waals surface area contributed by atoms with Crippen molar-refractivity contribution in [3.8, 4) is 69.5 Å². The zero-order valence-electron chi connectivity index (χ0n) is 78.1. The SMILES string of the molecule is Cc1cnc(-c2cc3c(OC[C@@H](O)CN4CCC(c5ccc(Cl)c(Cl)c5)CC4)cccc3o2)o1.Cc1cnc(-c2cc3c(OC[C@@H](O)CN4CCC(c5ccc(Cl)cc5)CC4)cccc3o2)o1.Cc1cnc(-c2cc3c(OC[C@H](O)CN4CCC(c5ccc6ccccc6c5)CC4)cccc3o2)o1.Cc1nnc(-c2cc3c(OC[C@H](O)CN4CCC(c5ccc6ccccc6c5)CC4)cccc3[nH]2)o1. The van der Waals surface area contributed by atoms with Crippen LogP contribution in [0.25, 0.3) is 112 Å². The van der Waals surface area contributed by atoms with Crippen molar-refractivity contribution in [2.45, 2.75) is 127 Å². The van der Waals surface area contributed by atoms with Crippen LogP contribution < -0.4 is 18.9 Å². The Morgan fingerprint density at radius 2 is 0.676 bits per heavy atom. The van der Waals surface area contributed by atoms with Crippen molar-refractivity contribution < 1.29 is 70.3 Å². The summed E-state index contributed by atoms with van der Waals surface area (Å²) >= 11 is 18.2. The second-order valence-corrected chi connectivity index (χ2v) is 38.0. The molecule has 0 bridgehead atoms.